The summed E-state index contributed by atoms with van der Waals surface area (Å²) in [5.74, 6) is 0.579. The van der Waals surface area contributed by atoms with Crippen molar-refractivity contribution in [2.24, 2.45) is 7.05 Å². The van der Waals surface area contributed by atoms with Gasteiger partial charge in [0.25, 0.3) is 0 Å². The number of aryl methyl sites for hydroxylation is 1. The first kappa shape index (κ1) is 13.5. The maximum absolute atomic E-state index is 12.7. The first-order valence-electron chi connectivity index (χ1n) is 6.19. The molecule has 108 valence electrons. The second-order valence-electron chi connectivity index (χ2n) is 4.75. The molecule has 0 spiro atoms. The number of aromatic nitrogens is 2. The number of benzene rings is 2. The van der Waals surface area contributed by atoms with Crippen LogP contribution < -0.4 is 0 Å². The molecule has 0 aliphatic heterocycles. The second-order valence-corrected chi connectivity index (χ2v) is 4.75. The predicted octanol–water partition coefficient (Wildman–Crippen LogP) is 3.96. The molecule has 6 heteroatoms. The van der Waals surface area contributed by atoms with Gasteiger partial charge in [-0.15, -0.1) is 0 Å². The van der Waals surface area contributed by atoms with Gasteiger partial charge in [0.1, 0.15) is 11.6 Å². The normalized spacial score (nSPS) is 12.0. The molecule has 0 atom stereocenters. The Balaban J connectivity index is 2.20. The van der Waals surface area contributed by atoms with Crippen molar-refractivity contribution in [1.82, 2.24) is 9.55 Å². The standard InChI is InChI=1S/C15H11F3N2O/c1-20-13-6-5-10(15(16,17)18)8-12(13)19-14(20)9-3-2-4-11(21)7-9/h2-8,21H,1H3. The fraction of sp³-hybridized carbons (Fsp3) is 0.133. The number of nitrogens with zero attached hydrogens (tertiary/aromatic N) is 2. The number of alkyl halides is 3. The third kappa shape index (κ3) is 2.33. The summed E-state index contributed by atoms with van der Waals surface area (Å²) in [4.78, 5) is 4.25. The summed E-state index contributed by atoms with van der Waals surface area (Å²) in [5.41, 5.74) is 0.782. The lowest BCUT2D eigenvalue weighted by Gasteiger charge is -2.06. The van der Waals surface area contributed by atoms with E-state index in [1.165, 1.54) is 18.2 Å². The average Bonchev–Trinajstić information content (AvgIpc) is 2.75. The highest BCUT2D eigenvalue weighted by Crippen LogP contribution is 2.32. The Morgan fingerprint density at radius 1 is 1.10 bits per heavy atom. The summed E-state index contributed by atoms with van der Waals surface area (Å²) >= 11 is 0. The Morgan fingerprint density at radius 3 is 2.52 bits per heavy atom. The molecule has 3 rings (SSSR count). The highest BCUT2D eigenvalue weighted by atomic mass is 19.4. The summed E-state index contributed by atoms with van der Waals surface area (Å²) in [7, 11) is 1.72. The number of fused-ring (bicyclic) bond motifs is 1. The second kappa shape index (κ2) is 4.51. The van der Waals surface area contributed by atoms with Crippen LogP contribution in [0.5, 0.6) is 5.75 Å². The SMILES string of the molecule is Cn1c(-c2cccc(O)c2)nc2cc(C(F)(F)F)ccc21. The van der Waals surface area contributed by atoms with E-state index in [0.29, 0.717) is 16.9 Å². The van der Waals surface area contributed by atoms with Crippen LogP contribution >= 0.6 is 0 Å². The van der Waals surface area contributed by atoms with E-state index in [1.807, 2.05) is 0 Å². The van der Waals surface area contributed by atoms with Gasteiger partial charge in [-0.3, -0.25) is 0 Å². The van der Waals surface area contributed by atoms with Crippen LogP contribution in [0.1, 0.15) is 5.56 Å². The van der Waals surface area contributed by atoms with Crippen molar-refractivity contribution in [3.05, 3.63) is 48.0 Å². The maximum atomic E-state index is 12.7. The predicted molar refractivity (Wildman–Crippen MR) is 72.8 cm³/mol. The molecule has 3 nitrogen and oxygen atoms in total. The minimum atomic E-state index is -4.39. The Kier molecular flexibility index (Phi) is 2.90. The molecule has 0 fully saturated rings. The Labute approximate surface area is 118 Å². The molecule has 0 unspecified atom stereocenters. The number of hydrogen-bond acceptors (Lipinski definition) is 2. The highest BCUT2D eigenvalue weighted by Gasteiger charge is 2.31. The Bertz CT molecular complexity index is 821. The monoisotopic (exact) mass is 292 g/mol. The van der Waals surface area contributed by atoms with Gasteiger partial charge in [0, 0.05) is 12.6 Å². The highest BCUT2D eigenvalue weighted by molar-refractivity contribution is 5.81. The van der Waals surface area contributed by atoms with Crippen molar-refractivity contribution < 1.29 is 18.3 Å². The van der Waals surface area contributed by atoms with E-state index < -0.39 is 11.7 Å². The molecule has 1 heterocycles. The van der Waals surface area contributed by atoms with Gasteiger partial charge in [-0.2, -0.15) is 13.2 Å². The van der Waals surface area contributed by atoms with Crippen LogP contribution in [0.3, 0.4) is 0 Å². The number of phenols is 1. The van der Waals surface area contributed by atoms with Crippen molar-refractivity contribution in [3.63, 3.8) is 0 Å². The van der Waals surface area contributed by atoms with Crippen LogP contribution in [0.25, 0.3) is 22.4 Å². The van der Waals surface area contributed by atoms with E-state index in [0.717, 1.165) is 12.1 Å². The van der Waals surface area contributed by atoms with Gasteiger partial charge in [-0.25, -0.2) is 4.98 Å². The summed E-state index contributed by atoms with van der Waals surface area (Å²) in [6.45, 7) is 0. The largest absolute Gasteiger partial charge is 0.508 e. The molecule has 0 saturated carbocycles. The molecule has 2 aromatic carbocycles. The van der Waals surface area contributed by atoms with Crippen molar-refractivity contribution in [1.29, 1.82) is 0 Å². The molecular formula is C15H11F3N2O. The van der Waals surface area contributed by atoms with Crippen LogP contribution in [-0.2, 0) is 13.2 Å². The van der Waals surface area contributed by atoms with E-state index in [4.69, 9.17) is 0 Å². The van der Waals surface area contributed by atoms with Crippen LogP contribution in [0.4, 0.5) is 13.2 Å². The zero-order valence-corrected chi connectivity index (χ0v) is 11.0. The smallest absolute Gasteiger partial charge is 0.416 e. The molecule has 0 amide bonds. The summed E-state index contributed by atoms with van der Waals surface area (Å²) in [5, 5.41) is 9.51. The molecule has 1 N–H and O–H groups in total. The van der Waals surface area contributed by atoms with E-state index in [9.17, 15) is 18.3 Å². The zero-order chi connectivity index (χ0) is 15.2. The quantitative estimate of drug-likeness (QED) is 0.737. The van der Waals surface area contributed by atoms with Gasteiger partial charge in [0.2, 0.25) is 0 Å². The number of imidazole rings is 1. The van der Waals surface area contributed by atoms with E-state index in [1.54, 1.807) is 23.7 Å². The van der Waals surface area contributed by atoms with E-state index >= 15 is 0 Å². The third-order valence-electron chi connectivity index (χ3n) is 3.31. The van der Waals surface area contributed by atoms with Gasteiger partial charge in [-0.1, -0.05) is 12.1 Å². The molecule has 0 bridgehead atoms. The first-order valence-corrected chi connectivity index (χ1v) is 6.19. The van der Waals surface area contributed by atoms with Crippen LogP contribution in [-0.4, -0.2) is 14.7 Å². The van der Waals surface area contributed by atoms with Crippen LogP contribution in [0, 0.1) is 0 Å². The lowest BCUT2D eigenvalue weighted by molar-refractivity contribution is -0.137. The molecule has 1 aromatic heterocycles. The number of halogens is 3. The molecule has 0 aliphatic rings. The van der Waals surface area contributed by atoms with Crippen molar-refractivity contribution in [2.45, 2.75) is 6.18 Å². The lowest BCUT2D eigenvalue weighted by atomic mass is 10.2. The summed E-state index contributed by atoms with van der Waals surface area (Å²) < 4.78 is 39.9. The molecule has 0 radical (unpaired) electrons. The lowest BCUT2D eigenvalue weighted by Crippen LogP contribution is -2.04. The molecular weight excluding hydrogens is 281 g/mol. The summed E-state index contributed by atoms with van der Waals surface area (Å²) in [6.07, 6.45) is -4.39. The molecule has 21 heavy (non-hydrogen) atoms. The third-order valence-corrected chi connectivity index (χ3v) is 3.31. The number of hydrogen-bond donors (Lipinski definition) is 1. The van der Waals surface area contributed by atoms with Crippen LogP contribution in [0.15, 0.2) is 42.5 Å². The van der Waals surface area contributed by atoms with Crippen LogP contribution in [0.2, 0.25) is 0 Å². The minimum absolute atomic E-state index is 0.0792. The first-order chi connectivity index (χ1) is 9.86. The Hall–Kier alpha value is -2.50. The zero-order valence-electron chi connectivity index (χ0n) is 11.0. The topological polar surface area (TPSA) is 38.0 Å². The number of rotatable bonds is 1. The van der Waals surface area contributed by atoms with E-state index in [2.05, 4.69) is 4.98 Å². The van der Waals surface area contributed by atoms with E-state index in [-0.39, 0.29) is 11.3 Å². The maximum Gasteiger partial charge on any atom is 0.416 e. The van der Waals surface area contributed by atoms with Crippen molar-refractivity contribution in [3.8, 4) is 17.1 Å². The number of phenolic OH excluding ortho intramolecular Hbond substituents is 1. The fourth-order valence-corrected chi connectivity index (χ4v) is 2.28. The minimum Gasteiger partial charge on any atom is -0.508 e. The van der Waals surface area contributed by atoms with Gasteiger partial charge in [0.05, 0.1) is 16.6 Å². The summed E-state index contributed by atoms with van der Waals surface area (Å²) in [6, 6.07) is 9.91. The average molecular weight is 292 g/mol. The van der Waals surface area contributed by atoms with Gasteiger partial charge >= 0.3 is 6.18 Å². The molecule has 0 aliphatic carbocycles. The number of aromatic hydroxyl groups is 1. The van der Waals surface area contributed by atoms with Crippen molar-refractivity contribution in [2.75, 3.05) is 0 Å². The van der Waals surface area contributed by atoms with Gasteiger partial charge in [-0.05, 0) is 30.3 Å². The molecule has 0 saturated heterocycles. The van der Waals surface area contributed by atoms with Gasteiger partial charge < -0.3 is 9.67 Å². The molecule has 3 aromatic rings. The Morgan fingerprint density at radius 2 is 1.86 bits per heavy atom. The van der Waals surface area contributed by atoms with Crippen molar-refractivity contribution >= 4 is 11.0 Å². The van der Waals surface area contributed by atoms with Gasteiger partial charge in [0.15, 0.2) is 0 Å². The fourth-order valence-electron chi connectivity index (χ4n) is 2.28.